The van der Waals surface area contributed by atoms with Gasteiger partial charge in [0.05, 0.1) is 6.04 Å². The van der Waals surface area contributed by atoms with Crippen molar-refractivity contribution in [3.05, 3.63) is 65.2 Å². The molecular formula is C23H30Cl2N2O. The molecule has 0 radical (unpaired) electrons. The third-order valence-corrected chi connectivity index (χ3v) is 5.56. The number of carbonyl (C=O) groups is 1. The zero-order valence-electron chi connectivity index (χ0n) is 16.7. The van der Waals surface area contributed by atoms with Gasteiger partial charge in [-0.1, -0.05) is 48.9 Å². The van der Waals surface area contributed by atoms with Crippen molar-refractivity contribution in [2.24, 2.45) is 0 Å². The van der Waals surface area contributed by atoms with E-state index in [0.717, 1.165) is 31.4 Å². The van der Waals surface area contributed by atoms with Crippen LogP contribution in [0.25, 0.3) is 0 Å². The molecule has 0 aromatic heterocycles. The molecule has 1 aliphatic rings. The maximum absolute atomic E-state index is 12.5. The van der Waals surface area contributed by atoms with Gasteiger partial charge in [0.25, 0.3) is 0 Å². The normalized spacial score (nSPS) is 18.3. The van der Waals surface area contributed by atoms with Crippen molar-refractivity contribution in [3.63, 3.8) is 0 Å². The highest BCUT2D eigenvalue weighted by molar-refractivity contribution is 6.30. The fourth-order valence-corrected chi connectivity index (χ4v) is 3.91. The Labute approximate surface area is 179 Å². The summed E-state index contributed by atoms with van der Waals surface area (Å²) in [6, 6.07) is 18.4. The maximum atomic E-state index is 12.5. The molecule has 2 atom stereocenters. The summed E-state index contributed by atoms with van der Waals surface area (Å²) in [7, 11) is 1.95. The predicted octanol–water partition coefficient (Wildman–Crippen LogP) is 5.69. The fourth-order valence-electron chi connectivity index (χ4n) is 3.62. The number of alkyl halides is 1. The average molecular weight is 421 g/mol. The molecule has 1 fully saturated rings. The highest BCUT2D eigenvalue weighted by Crippen LogP contribution is 2.30. The molecule has 1 aliphatic carbocycles. The highest BCUT2D eigenvalue weighted by Gasteiger charge is 2.34. The van der Waals surface area contributed by atoms with Gasteiger partial charge >= 0.3 is 0 Å². The van der Waals surface area contributed by atoms with Crippen molar-refractivity contribution in [2.75, 3.05) is 17.8 Å². The lowest BCUT2D eigenvalue weighted by Crippen LogP contribution is -2.49. The van der Waals surface area contributed by atoms with Crippen LogP contribution < -0.4 is 10.2 Å². The van der Waals surface area contributed by atoms with Crippen LogP contribution >= 0.6 is 23.2 Å². The Bertz CT molecular complexity index is 706. The smallest absolute Gasteiger partial charge is 0.228 e. The number of amides is 1. The van der Waals surface area contributed by atoms with Crippen LogP contribution in [0.2, 0.25) is 5.02 Å². The third kappa shape index (κ3) is 6.51. The topological polar surface area (TPSA) is 32.3 Å². The standard InChI is InChI=1S/C15H20Cl2N2O.C8H10/c1-18-13-3-2-4-14(13)19(15(20)9-10-16)12-7-5-11(17)6-8-12;1-2-8-6-4-3-5-7-8/h5-8,13-14,18H,2-4,9-10H2,1H3;3-7H,2H2,1H3. The van der Waals surface area contributed by atoms with Crippen molar-refractivity contribution in [3.8, 4) is 0 Å². The lowest BCUT2D eigenvalue weighted by Gasteiger charge is -2.33. The molecule has 3 nitrogen and oxygen atoms in total. The van der Waals surface area contributed by atoms with E-state index in [-0.39, 0.29) is 11.9 Å². The molecule has 28 heavy (non-hydrogen) atoms. The summed E-state index contributed by atoms with van der Waals surface area (Å²) >= 11 is 11.7. The average Bonchev–Trinajstić information content (AvgIpc) is 3.19. The quantitative estimate of drug-likeness (QED) is 0.608. The number of nitrogens with zero attached hydrogens (tertiary/aromatic N) is 1. The SMILES string of the molecule is CCc1ccccc1.CNC1CCCC1N(C(=O)CCCl)c1ccc(Cl)cc1. The number of hydrogen-bond donors (Lipinski definition) is 1. The molecule has 3 rings (SSSR count). The molecule has 1 amide bonds. The minimum absolute atomic E-state index is 0.0782. The van der Waals surface area contributed by atoms with Gasteiger partial charge in [0, 0.05) is 29.1 Å². The number of rotatable bonds is 6. The Balaban J connectivity index is 0.000000292. The molecule has 1 N–H and O–H groups in total. The van der Waals surface area contributed by atoms with Crippen molar-refractivity contribution in [2.45, 2.75) is 51.1 Å². The van der Waals surface area contributed by atoms with Gasteiger partial charge in [-0.3, -0.25) is 4.79 Å². The molecule has 0 saturated heterocycles. The number of likely N-dealkylation sites (N-methyl/N-ethyl adjacent to an activating group) is 1. The fraction of sp³-hybridized carbons (Fsp3) is 0.435. The summed E-state index contributed by atoms with van der Waals surface area (Å²) in [6.07, 6.45) is 4.74. The highest BCUT2D eigenvalue weighted by atomic mass is 35.5. The monoisotopic (exact) mass is 420 g/mol. The van der Waals surface area contributed by atoms with E-state index in [0.29, 0.717) is 23.4 Å². The largest absolute Gasteiger partial charge is 0.315 e. The summed E-state index contributed by atoms with van der Waals surface area (Å²) in [5.74, 6) is 0.425. The van der Waals surface area contributed by atoms with Gasteiger partial charge in [0.15, 0.2) is 0 Å². The molecule has 2 aromatic carbocycles. The molecule has 2 aromatic rings. The van der Waals surface area contributed by atoms with Crippen LogP contribution in [0.15, 0.2) is 54.6 Å². The number of aryl methyl sites for hydroxylation is 1. The summed E-state index contributed by atoms with van der Waals surface area (Å²) in [4.78, 5) is 14.4. The first-order valence-electron chi connectivity index (χ1n) is 9.95. The number of carbonyl (C=O) groups excluding carboxylic acids is 1. The molecule has 0 bridgehead atoms. The Morgan fingerprint density at radius 3 is 2.32 bits per heavy atom. The second-order valence-corrected chi connectivity index (χ2v) is 7.73. The van der Waals surface area contributed by atoms with E-state index in [1.807, 2.05) is 42.3 Å². The van der Waals surface area contributed by atoms with Crippen LogP contribution in [0.5, 0.6) is 0 Å². The van der Waals surface area contributed by atoms with E-state index in [4.69, 9.17) is 23.2 Å². The molecule has 0 aliphatic heterocycles. The Morgan fingerprint density at radius 1 is 1.11 bits per heavy atom. The Morgan fingerprint density at radius 2 is 1.79 bits per heavy atom. The zero-order chi connectivity index (χ0) is 20.4. The minimum Gasteiger partial charge on any atom is -0.315 e. The molecule has 2 unspecified atom stereocenters. The molecular weight excluding hydrogens is 391 g/mol. The number of hydrogen-bond acceptors (Lipinski definition) is 2. The lowest BCUT2D eigenvalue weighted by molar-refractivity contribution is -0.118. The van der Waals surface area contributed by atoms with Crippen LogP contribution in [0.3, 0.4) is 0 Å². The van der Waals surface area contributed by atoms with Gasteiger partial charge in [-0.05, 0) is 62.6 Å². The summed E-state index contributed by atoms with van der Waals surface area (Å²) in [5.41, 5.74) is 2.31. The van der Waals surface area contributed by atoms with E-state index in [9.17, 15) is 4.79 Å². The van der Waals surface area contributed by atoms with Crippen molar-refractivity contribution >= 4 is 34.8 Å². The number of nitrogens with one attached hydrogen (secondary N) is 1. The van der Waals surface area contributed by atoms with Crippen molar-refractivity contribution in [1.29, 1.82) is 0 Å². The van der Waals surface area contributed by atoms with Gasteiger partial charge in [-0.2, -0.15) is 0 Å². The van der Waals surface area contributed by atoms with Crippen LogP contribution in [0.1, 0.15) is 38.2 Å². The van der Waals surface area contributed by atoms with Gasteiger partial charge < -0.3 is 10.2 Å². The predicted molar refractivity (Wildman–Crippen MR) is 121 cm³/mol. The molecule has 152 valence electrons. The van der Waals surface area contributed by atoms with Crippen LogP contribution in [0.4, 0.5) is 5.69 Å². The van der Waals surface area contributed by atoms with Crippen molar-refractivity contribution < 1.29 is 4.79 Å². The third-order valence-electron chi connectivity index (χ3n) is 5.11. The lowest BCUT2D eigenvalue weighted by atomic mass is 10.1. The van der Waals surface area contributed by atoms with Crippen LogP contribution in [0, 0.1) is 0 Å². The van der Waals surface area contributed by atoms with Crippen LogP contribution in [-0.2, 0) is 11.2 Å². The van der Waals surface area contributed by atoms with E-state index in [1.54, 1.807) is 0 Å². The second-order valence-electron chi connectivity index (χ2n) is 6.91. The first-order chi connectivity index (χ1) is 13.6. The molecule has 5 heteroatoms. The van der Waals surface area contributed by atoms with Gasteiger partial charge in [-0.25, -0.2) is 0 Å². The Kier molecular flexibility index (Phi) is 9.83. The van der Waals surface area contributed by atoms with E-state index < -0.39 is 0 Å². The minimum atomic E-state index is 0.0782. The molecule has 1 saturated carbocycles. The summed E-state index contributed by atoms with van der Waals surface area (Å²) in [6.45, 7) is 2.16. The number of halogens is 2. The summed E-state index contributed by atoms with van der Waals surface area (Å²) in [5, 5.41) is 4.00. The number of benzene rings is 2. The van der Waals surface area contributed by atoms with Crippen LogP contribution in [-0.4, -0.2) is 30.9 Å². The first-order valence-corrected chi connectivity index (χ1v) is 10.9. The zero-order valence-corrected chi connectivity index (χ0v) is 18.2. The van der Waals surface area contributed by atoms with Gasteiger partial charge in [0.2, 0.25) is 5.91 Å². The second kappa shape index (κ2) is 12.1. The Hall–Kier alpha value is -1.55. The number of anilines is 1. The maximum Gasteiger partial charge on any atom is 0.228 e. The molecule has 0 heterocycles. The van der Waals surface area contributed by atoms with Gasteiger partial charge in [0.1, 0.15) is 0 Å². The van der Waals surface area contributed by atoms with Gasteiger partial charge in [-0.15, -0.1) is 11.6 Å². The molecule has 0 spiro atoms. The van der Waals surface area contributed by atoms with Crippen molar-refractivity contribution in [1.82, 2.24) is 5.32 Å². The van der Waals surface area contributed by atoms with E-state index in [1.165, 1.54) is 5.56 Å². The van der Waals surface area contributed by atoms with E-state index >= 15 is 0 Å². The van der Waals surface area contributed by atoms with E-state index in [2.05, 4.69) is 36.5 Å². The summed E-state index contributed by atoms with van der Waals surface area (Å²) < 4.78 is 0. The first kappa shape index (κ1) is 22.7.